The number of hydrogen-bond acceptors (Lipinski definition) is 2. The highest BCUT2D eigenvalue weighted by molar-refractivity contribution is 5.47. The van der Waals surface area contributed by atoms with E-state index in [-0.39, 0.29) is 11.9 Å². The van der Waals surface area contributed by atoms with Gasteiger partial charge in [0, 0.05) is 0 Å². The molecule has 94 valence electrons. The van der Waals surface area contributed by atoms with E-state index >= 15 is 0 Å². The molecule has 0 saturated carbocycles. The van der Waals surface area contributed by atoms with Gasteiger partial charge in [0.15, 0.2) is 0 Å². The van der Waals surface area contributed by atoms with Crippen LogP contribution in [0.25, 0.3) is 0 Å². The maximum Gasteiger partial charge on any atom is 0.123 e. The minimum atomic E-state index is -0.249. The van der Waals surface area contributed by atoms with Gasteiger partial charge in [0.1, 0.15) is 5.82 Å². The van der Waals surface area contributed by atoms with Gasteiger partial charge in [-0.25, -0.2) is 4.39 Å². The number of fused-ring (bicyclic) bond motifs is 2. The first-order valence-electron chi connectivity index (χ1n) is 6.26. The van der Waals surface area contributed by atoms with Gasteiger partial charge < -0.3 is 5.73 Å². The largest absolute Gasteiger partial charge is 0.320 e. The first-order valence-corrected chi connectivity index (χ1v) is 6.26. The summed E-state index contributed by atoms with van der Waals surface area (Å²) in [6.07, 6.45) is 1.54. The molecule has 1 aliphatic rings. The number of rotatable bonds is 0. The third-order valence-electron chi connectivity index (χ3n) is 3.71. The summed E-state index contributed by atoms with van der Waals surface area (Å²) in [6.45, 7) is 0. The van der Waals surface area contributed by atoms with Crippen molar-refractivity contribution in [3.63, 3.8) is 0 Å². The van der Waals surface area contributed by atoms with Crippen molar-refractivity contribution in [1.29, 1.82) is 5.26 Å². The van der Waals surface area contributed by atoms with E-state index in [9.17, 15) is 4.39 Å². The van der Waals surface area contributed by atoms with Crippen LogP contribution < -0.4 is 5.73 Å². The molecule has 0 spiro atoms. The van der Waals surface area contributed by atoms with Crippen molar-refractivity contribution in [2.24, 2.45) is 5.73 Å². The Balaban J connectivity index is 2.14. The summed E-state index contributed by atoms with van der Waals surface area (Å²) in [4.78, 5) is 0. The van der Waals surface area contributed by atoms with Gasteiger partial charge >= 0.3 is 0 Å². The Morgan fingerprint density at radius 3 is 2.37 bits per heavy atom. The normalized spacial score (nSPS) is 17.0. The van der Waals surface area contributed by atoms with E-state index in [0.29, 0.717) is 5.56 Å². The molecule has 2 N–H and O–H groups in total. The molecule has 0 amide bonds. The predicted octanol–water partition coefficient (Wildman–Crippen LogP) is 2.84. The molecule has 2 aromatic rings. The lowest BCUT2D eigenvalue weighted by Crippen LogP contribution is -2.13. The molecule has 0 radical (unpaired) electrons. The fourth-order valence-electron chi connectivity index (χ4n) is 2.73. The lowest BCUT2D eigenvalue weighted by Gasteiger charge is -2.15. The van der Waals surface area contributed by atoms with Crippen LogP contribution in [-0.4, -0.2) is 0 Å². The van der Waals surface area contributed by atoms with Crippen LogP contribution in [0, 0.1) is 17.1 Å². The summed E-state index contributed by atoms with van der Waals surface area (Å²) in [6, 6.07) is 12.3. The van der Waals surface area contributed by atoms with E-state index < -0.39 is 0 Å². The number of nitrogens with two attached hydrogens (primary N) is 1. The van der Waals surface area contributed by atoms with Crippen LogP contribution in [0.1, 0.15) is 33.9 Å². The third-order valence-corrected chi connectivity index (χ3v) is 3.71. The molecule has 19 heavy (non-hydrogen) atoms. The zero-order valence-corrected chi connectivity index (χ0v) is 10.4. The van der Waals surface area contributed by atoms with Crippen LogP contribution in [0.3, 0.4) is 0 Å². The zero-order valence-electron chi connectivity index (χ0n) is 10.4. The number of aryl methyl sites for hydroxylation is 2. The number of nitrogens with zero attached hydrogens (tertiary/aromatic N) is 1. The molecular formula is C16H13FN2. The zero-order chi connectivity index (χ0) is 13.4. The second-order valence-corrected chi connectivity index (χ2v) is 4.85. The van der Waals surface area contributed by atoms with Gasteiger partial charge in [-0.1, -0.05) is 12.1 Å². The Hall–Kier alpha value is -2.18. The minimum Gasteiger partial charge on any atom is -0.320 e. The lowest BCUT2D eigenvalue weighted by atomic mass is 9.94. The van der Waals surface area contributed by atoms with Crippen molar-refractivity contribution in [3.05, 3.63) is 70.0 Å². The third kappa shape index (κ3) is 2.00. The number of halogens is 1. The van der Waals surface area contributed by atoms with Crippen LogP contribution >= 0.6 is 0 Å². The van der Waals surface area contributed by atoms with E-state index in [0.717, 1.165) is 35.1 Å². The molecule has 0 aliphatic heterocycles. The second kappa shape index (κ2) is 4.49. The van der Waals surface area contributed by atoms with E-state index in [2.05, 4.69) is 6.07 Å². The highest BCUT2D eigenvalue weighted by atomic mass is 19.1. The lowest BCUT2D eigenvalue weighted by molar-refractivity contribution is 0.623. The van der Waals surface area contributed by atoms with E-state index in [1.807, 2.05) is 12.1 Å². The van der Waals surface area contributed by atoms with E-state index in [1.165, 1.54) is 6.07 Å². The monoisotopic (exact) mass is 252 g/mol. The topological polar surface area (TPSA) is 49.8 Å². The minimum absolute atomic E-state index is 0.227. The van der Waals surface area contributed by atoms with Gasteiger partial charge in [0.05, 0.1) is 17.7 Å². The molecular weight excluding hydrogens is 239 g/mol. The summed E-state index contributed by atoms with van der Waals surface area (Å²) >= 11 is 0. The van der Waals surface area contributed by atoms with Gasteiger partial charge in [-0.05, 0) is 59.4 Å². The highest BCUT2D eigenvalue weighted by Crippen LogP contribution is 2.31. The van der Waals surface area contributed by atoms with E-state index in [4.69, 9.17) is 11.0 Å². The van der Waals surface area contributed by atoms with Crippen LogP contribution in [0.2, 0.25) is 0 Å². The average Bonchev–Trinajstić information content (AvgIpc) is 2.56. The fraction of sp³-hybridized carbons (Fsp3) is 0.188. The predicted molar refractivity (Wildman–Crippen MR) is 71.0 cm³/mol. The van der Waals surface area contributed by atoms with Gasteiger partial charge in [-0.3, -0.25) is 0 Å². The first-order chi connectivity index (χ1) is 9.19. The number of hydrogen-bond donors (Lipinski definition) is 1. The van der Waals surface area contributed by atoms with Crippen molar-refractivity contribution in [3.8, 4) is 6.07 Å². The van der Waals surface area contributed by atoms with Crippen molar-refractivity contribution in [1.82, 2.24) is 0 Å². The van der Waals surface area contributed by atoms with Crippen molar-refractivity contribution < 1.29 is 4.39 Å². The smallest absolute Gasteiger partial charge is 0.123 e. The SMILES string of the molecule is N#Cc1ccc2c(c1)CCc1cc(F)ccc1[C@H]2N. The van der Waals surface area contributed by atoms with Crippen LogP contribution in [0.4, 0.5) is 4.39 Å². The number of nitriles is 1. The molecule has 0 heterocycles. The van der Waals surface area contributed by atoms with Crippen molar-refractivity contribution in [2.75, 3.05) is 0 Å². The maximum absolute atomic E-state index is 13.3. The Morgan fingerprint density at radius 1 is 1.05 bits per heavy atom. The maximum atomic E-state index is 13.3. The summed E-state index contributed by atoms with van der Waals surface area (Å²) in [5.74, 6) is -0.227. The molecule has 2 nitrogen and oxygen atoms in total. The molecule has 3 rings (SSSR count). The molecule has 0 fully saturated rings. The fourth-order valence-corrected chi connectivity index (χ4v) is 2.73. The quantitative estimate of drug-likeness (QED) is 0.783. The highest BCUT2D eigenvalue weighted by Gasteiger charge is 2.21. The van der Waals surface area contributed by atoms with Gasteiger partial charge in [0.25, 0.3) is 0 Å². The molecule has 0 unspecified atom stereocenters. The average molecular weight is 252 g/mol. The Kier molecular flexibility index (Phi) is 2.81. The van der Waals surface area contributed by atoms with E-state index in [1.54, 1.807) is 18.2 Å². The molecule has 3 heteroatoms. The van der Waals surface area contributed by atoms with Gasteiger partial charge in [-0.15, -0.1) is 0 Å². The summed E-state index contributed by atoms with van der Waals surface area (Å²) in [7, 11) is 0. The van der Waals surface area contributed by atoms with Crippen molar-refractivity contribution >= 4 is 0 Å². The standard InChI is InChI=1S/C16H13FN2/c17-13-4-6-15-12(8-13)3-2-11-7-10(9-18)1-5-14(11)16(15)19/h1,4-8,16H,2-3,19H2/t16-/m0/s1. The van der Waals surface area contributed by atoms with Gasteiger partial charge in [0.2, 0.25) is 0 Å². The molecule has 1 aliphatic carbocycles. The van der Waals surface area contributed by atoms with Crippen LogP contribution in [0.5, 0.6) is 0 Å². The van der Waals surface area contributed by atoms with Gasteiger partial charge in [-0.2, -0.15) is 5.26 Å². The first kappa shape index (κ1) is 11.9. The Labute approximate surface area is 111 Å². The Morgan fingerprint density at radius 2 is 1.68 bits per heavy atom. The van der Waals surface area contributed by atoms with Crippen molar-refractivity contribution in [2.45, 2.75) is 18.9 Å². The Bertz CT molecular complexity index is 686. The molecule has 2 aromatic carbocycles. The van der Waals surface area contributed by atoms with Crippen LogP contribution in [0.15, 0.2) is 36.4 Å². The molecule has 0 bridgehead atoms. The summed E-state index contributed by atoms with van der Waals surface area (Å²) in [5.41, 5.74) is 11.0. The van der Waals surface area contributed by atoms with Crippen LogP contribution in [-0.2, 0) is 12.8 Å². The summed E-state index contributed by atoms with van der Waals surface area (Å²) in [5, 5.41) is 8.95. The molecule has 0 aromatic heterocycles. The number of benzene rings is 2. The summed E-state index contributed by atoms with van der Waals surface area (Å²) < 4.78 is 13.3. The second-order valence-electron chi connectivity index (χ2n) is 4.85. The molecule has 1 atom stereocenters. The molecule has 0 saturated heterocycles.